The van der Waals surface area contributed by atoms with Crippen molar-refractivity contribution in [1.29, 1.82) is 0 Å². The fourth-order valence-electron chi connectivity index (χ4n) is 5.12. The van der Waals surface area contributed by atoms with Crippen molar-refractivity contribution in [3.8, 4) is 11.3 Å². The minimum Gasteiger partial charge on any atom is -0.384 e. The lowest BCUT2D eigenvalue weighted by Gasteiger charge is -2.35. The predicted octanol–water partition coefficient (Wildman–Crippen LogP) is 2.45. The van der Waals surface area contributed by atoms with Crippen LogP contribution >= 0.6 is 11.3 Å². The average Bonchev–Trinajstić information content (AvgIpc) is 3.32. The zero-order valence-electron chi connectivity index (χ0n) is 18.4. The zero-order valence-corrected chi connectivity index (χ0v) is 19.2. The quantitative estimate of drug-likeness (QED) is 0.648. The molecule has 168 valence electrons. The molecule has 0 aliphatic carbocycles. The van der Waals surface area contributed by atoms with Gasteiger partial charge in [0.25, 0.3) is 0 Å². The van der Waals surface area contributed by atoms with Crippen molar-refractivity contribution in [2.24, 2.45) is 0 Å². The number of ether oxygens (including phenoxy) is 1. The molecule has 8 nitrogen and oxygen atoms in total. The maximum atomic E-state index is 5.85. The molecule has 32 heavy (non-hydrogen) atoms. The molecule has 0 spiro atoms. The third kappa shape index (κ3) is 3.63. The minimum absolute atomic E-state index is 0.364. The second-order valence-corrected chi connectivity index (χ2v) is 10.1. The SMILES string of the molecule is CN1CCN(Cc2csc3c(-c4ccc(N)nc4)nc(N4C5CCC4COC5)nc23)CC1. The second-order valence-electron chi connectivity index (χ2n) is 9.19. The number of nitrogens with zero attached hydrogens (tertiary/aromatic N) is 6. The molecule has 2 unspecified atom stereocenters. The van der Waals surface area contributed by atoms with Crippen molar-refractivity contribution in [3.05, 3.63) is 29.3 Å². The van der Waals surface area contributed by atoms with E-state index >= 15 is 0 Å². The van der Waals surface area contributed by atoms with E-state index in [4.69, 9.17) is 20.4 Å². The maximum Gasteiger partial charge on any atom is 0.227 e. The van der Waals surface area contributed by atoms with Crippen LogP contribution in [0, 0.1) is 0 Å². The number of rotatable bonds is 4. The fourth-order valence-corrected chi connectivity index (χ4v) is 6.13. The van der Waals surface area contributed by atoms with E-state index in [2.05, 4.69) is 32.1 Å². The van der Waals surface area contributed by atoms with Gasteiger partial charge < -0.3 is 20.3 Å². The Morgan fingerprint density at radius 2 is 1.88 bits per heavy atom. The lowest BCUT2D eigenvalue weighted by atomic mass is 10.1. The molecule has 2 atom stereocenters. The summed E-state index contributed by atoms with van der Waals surface area (Å²) in [6.45, 7) is 6.86. The number of nitrogen functional groups attached to an aromatic ring is 1. The summed E-state index contributed by atoms with van der Waals surface area (Å²) in [6, 6.07) is 4.59. The van der Waals surface area contributed by atoms with Gasteiger partial charge in [-0.15, -0.1) is 11.3 Å². The van der Waals surface area contributed by atoms with Gasteiger partial charge in [-0.2, -0.15) is 0 Å². The lowest BCUT2D eigenvalue weighted by Crippen LogP contribution is -2.46. The monoisotopic (exact) mass is 451 g/mol. The molecule has 9 heteroatoms. The minimum atomic E-state index is 0.364. The molecule has 2 bridgehead atoms. The smallest absolute Gasteiger partial charge is 0.227 e. The number of hydrogen-bond donors (Lipinski definition) is 1. The zero-order chi connectivity index (χ0) is 21.7. The second kappa shape index (κ2) is 8.22. The van der Waals surface area contributed by atoms with E-state index in [0.717, 1.165) is 86.2 Å². The first-order chi connectivity index (χ1) is 15.7. The number of morpholine rings is 1. The third-order valence-electron chi connectivity index (χ3n) is 7.00. The highest BCUT2D eigenvalue weighted by Gasteiger charge is 2.39. The molecule has 6 rings (SSSR count). The highest BCUT2D eigenvalue weighted by atomic mass is 32.1. The first-order valence-corrected chi connectivity index (χ1v) is 12.3. The van der Waals surface area contributed by atoms with Crippen molar-refractivity contribution in [2.75, 3.05) is 57.1 Å². The summed E-state index contributed by atoms with van der Waals surface area (Å²) in [7, 11) is 2.19. The number of pyridine rings is 1. The highest BCUT2D eigenvalue weighted by molar-refractivity contribution is 7.17. The van der Waals surface area contributed by atoms with E-state index in [9.17, 15) is 0 Å². The summed E-state index contributed by atoms with van der Waals surface area (Å²) < 4.78 is 6.94. The molecular formula is C23H29N7OS. The predicted molar refractivity (Wildman–Crippen MR) is 128 cm³/mol. The summed E-state index contributed by atoms with van der Waals surface area (Å²) in [4.78, 5) is 21.9. The van der Waals surface area contributed by atoms with Gasteiger partial charge >= 0.3 is 0 Å². The summed E-state index contributed by atoms with van der Waals surface area (Å²) >= 11 is 1.74. The van der Waals surface area contributed by atoms with Gasteiger partial charge in [-0.1, -0.05) is 0 Å². The molecule has 0 saturated carbocycles. The van der Waals surface area contributed by atoms with Crippen molar-refractivity contribution in [3.63, 3.8) is 0 Å². The molecule has 3 aromatic rings. The van der Waals surface area contributed by atoms with Crippen LogP contribution in [-0.2, 0) is 11.3 Å². The topological polar surface area (TPSA) is 83.6 Å². The largest absolute Gasteiger partial charge is 0.384 e. The molecule has 0 radical (unpaired) electrons. The number of aromatic nitrogens is 3. The van der Waals surface area contributed by atoms with Gasteiger partial charge in [0.1, 0.15) is 5.82 Å². The van der Waals surface area contributed by atoms with E-state index in [1.165, 1.54) is 5.56 Å². The van der Waals surface area contributed by atoms with E-state index in [-0.39, 0.29) is 0 Å². The number of likely N-dealkylation sites (N-methyl/N-ethyl adjacent to an activating group) is 1. The number of nitrogens with two attached hydrogens (primary N) is 1. The molecule has 3 aliphatic rings. The number of thiophene rings is 1. The van der Waals surface area contributed by atoms with E-state index < -0.39 is 0 Å². The Morgan fingerprint density at radius 1 is 1.09 bits per heavy atom. The van der Waals surface area contributed by atoms with Crippen molar-refractivity contribution in [2.45, 2.75) is 31.5 Å². The maximum absolute atomic E-state index is 5.85. The first kappa shape index (κ1) is 20.3. The first-order valence-electron chi connectivity index (χ1n) is 11.4. The molecule has 0 amide bonds. The molecule has 3 fully saturated rings. The van der Waals surface area contributed by atoms with Crippen LogP contribution in [0.1, 0.15) is 18.4 Å². The van der Waals surface area contributed by atoms with Crippen molar-refractivity contribution in [1.82, 2.24) is 24.8 Å². The van der Waals surface area contributed by atoms with Gasteiger partial charge in [0, 0.05) is 50.0 Å². The number of anilines is 2. The van der Waals surface area contributed by atoms with E-state index in [0.29, 0.717) is 17.9 Å². The van der Waals surface area contributed by atoms with Gasteiger partial charge in [0.05, 0.1) is 41.2 Å². The van der Waals surface area contributed by atoms with Gasteiger partial charge in [0.15, 0.2) is 0 Å². The molecular weight excluding hydrogens is 422 g/mol. The van der Waals surface area contributed by atoms with Crippen LogP contribution < -0.4 is 10.6 Å². The summed E-state index contributed by atoms with van der Waals surface area (Å²) in [5.74, 6) is 1.35. The summed E-state index contributed by atoms with van der Waals surface area (Å²) in [6.07, 6.45) is 4.11. The van der Waals surface area contributed by atoms with Crippen molar-refractivity contribution >= 4 is 33.3 Å². The Labute approximate surface area is 192 Å². The van der Waals surface area contributed by atoms with Crippen LogP contribution in [0.15, 0.2) is 23.7 Å². The van der Waals surface area contributed by atoms with Gasteiger partial charge in [0.2, 0.25) is 5.95 Å². The summed E-state index contributed by atoms with van der Waals surface area (Å²) in [5.41, 5.74) is 10.2. The molecule has 2 N–H and O–H groups in total. The van der Waals surface area contributed by atoms with Gasteiger partial charge in [-0.3, -0.25) is 4.90 Å². The Kier molecular flexibility index (Phi) is 5.21. The van der Waals surface area contributed by atoms with Crippen LogP contribution in [-0.4, -0.2) is 83.3 Å². The average molecular weight is 452 g/mol. The molecule has 0 aromatic carbocycles. The Balaban J connectivity index is 1.44. The summed E-state index contributed by atoms with van der Waals surface area (Å²) in [5, 5.41) is 2.27. The standard InChI is InChI=1S/C23H29N7OS/c1-28-6-8-29(9-7-28)11-16-14-32-22-20(15-2-5-19(24)25-10-15)26-23(27-21(16)22)30-17-3-4-18(30)13-31-12-17/h2,5,10,14,17-18H,3-4,6-9,11-13H2,1H3,(H2,24,25). The molecule has 3 saturated heterocycles. The third-order valence-corrected chi connectivity index (χ3v) is 8.02. The van der Waals surface area contributed by atoms with Crippen LogP contribution in [0.4, 0.5) is 11.8 Å². The fraction of sp³-hybridized carbons (Fsp3) is 0.522. The molecule has 3 aromatic heterocycles. The Morgan fingerprint density at radius 3 is 2.59 bits per heavy atom. The van der Waals surface area contributed by atoms with Gasteiger partial charge in [-0.25, -0.2) is 15.0 Å². The van der Waals surface area contributed by atoms with E-state index in [1.807, 2.05) is 18.3 Å². The van der Waals surface area contributed by atoms with Crippen LogP contribution in [0.5, 0.6) is 0 Å². The Bertz CT molecular complexity index is 1090. The number of piperazine rings is 1. The highest BCUT2D eigenvalue weighted by Crippen LogP contribution is 2.38. The van der Waals surface area contributed by atoms with Crippen molar-refractivity contribution < 1.29 is 4.74 Å². The molecule has 6 heterocycles. The number of hydrogen-bond acceptors (Lipinski definition) is 9. The normalized spacial score (nSPS) is 24.5. The van der Waals surface area contributed by atoms with Crippen LogP contribution in [0.3, 0.4) is 0 Å². The van der Waals surface area contributed by atoms with E-state index in [1.54, 1.807) is 11.3 Å². The molecule has 3 aliphatic heterocycles. The van der Waals surface area contributed by atoms with Gasteiger partial charge in [-0.05, 0) is 37.4 Å². The Hall–Kier alpha value is -2.33. The number of fused-ring (bicyclic) bond motifs is 3. The van der Waals surface area contributed by atoms with Crippen LogP contribution in [0.2, 0.25) is 0 Å². The van der Waals surface area contributed by atoms with Crippen LogP contribution in [0.25, 0.3) is 21.5 Å². The lowest BCUT2D eigenvalue weighted by molar-refractivity contribution is 0.0898.